The summed E-state index contributed by atoms with van der Waals surface area (Å²) in [5.41, 5.74) is 7.03. The zero-order chi connectivity index (χ0) is 20.5. The van der Waals surface area contributed by atoms with E-state index in [1.54, 1.807) is 31.4 Å². The van der Waals surface area contributed by atoms with Gasteiger partial charge in [-0.2, -0.15) is 0 Å². The van der Waals surface area contributed by atoms with Gasteiger partial charge in [-0.3, -0.25) is 0 Å². The minimum Gasteiger partial charge on any atom is -0.497 e. The van der Waals surface area contributed by atoms with Crippen LogP contribution in [0.15, 0.2) is 53.4 Å². The molecule has 0 radical (unpaired) electrons. The molecule has 3 atom stereocenters. The third kappa shape index (κ3) is 3.43. The standard InChI is InChI=1S/C21H25NO4S2/c1-4-26-13-21(20(22)27)18(15-7-9-16(25-3)10-8-15)19(21)28(23,24)17-11-5-14(2)6-12-17/h5-12,18-19H,4,13H2,1-3H3,(H2,22,27)/t18-,19-,21+/m1/s1. The Kier molecular flexibility index (Phi) is 5.79. The molecular formula is C21H25NO4S2. The maximum Gasteiger partial charge on any atom is 0.182 e. The molecule has 0 spiro atoms. The number of nitrogens with two attached hydrogens (primary N) is 1. The predicted octanol–water partition coefficient (Wildman–Crippen LogP) is 3.25. The van der Waals surface area contributed by atoms with Crippen LogP contribution >= 0.6 is 12.2 Å². The Morgan fingerprint density at radius 2 is 1.75 bits per heavy atom. The quantitative estimate of drug-likeness (QED) is 0.662. The molecule has 150 valence electrons. The number of hydrogen-bond donors (Lipinski definition) is 1. The van der Waals surface area contributed by atoms with Crippen molar-refractivity contribution < 1.29 is 17.9 Å². The topological polar surface area (TPSA) is 78.6 Å². The smallest absolute Gasteiger partial charge is 0.182 e. The SMILES string of the molecule is CCOC[C@]1(C(N)=S)[C@H](c2ccc(OC)cc2)[C@H]1S(=O)(=O)c1ccc(C)cc1. The van der Waals surface area contributed by atoms with E-state index in [1.807, 2.05) is 38.1 Å². The summed E-state index contributed by atoms with van der Waals surface area (Å²) >= 11 is 5.36. The number of benzene rings is 2. The van der Waals surface area contributed by atoms with Crippen molar-refractivity contribution in [3.63, 3.8) is 0 Å². The van der Waals surface area contributed by atoms with Crippen LogP contribution in [0.2, 0.25) is 0 Å². The highest BCUT2D eigenvalue weighted by atomic mass is 32.2. The Hall–Kier alpha value is -1.96. The average molecular weight is 420 g/mol. The van der Waals surface area contributed by atoms with Gasteiger partial charge in [-0.15, -0.1) is 0 Å². The molecular weight excluding hydrogens is 394 g/mol. The number of thiocarbonyl (C=S) groups is 1. The van der Waals surface area contributed by atoms with Crippen LogP contribution in [0.3, 0.4) is 0 Å². The van der Waals surface area contributed by atoms with Gasteiger partial charge in [0.05, 0.1) is 34.3 Å². The average Bonchev–Trinajstić information content (AvgIpc) is 3.38. The highest BCUT2D eigenvalue weighted by Gasteiger charge is 2.73. The van der Waals surface area contributed by atoms with Crippen molar-refractivity contribution in [1.82, 2.24) is 0 Å². The molecule has 2 N–H and O–H groups in total. The fraction of sp³-hybridized carbons (Fsp3) is 0.381. The first-order valence-corrected chi connectivity index (χ1v) is 11.1. The van der Waals surface area contributed by atoms with Crippen molar-refractivity contribution in [2.45, 2.75) is 29.9 Å². The van der Waals surface area contributed by atoms with E-state index in [0.717, 1.165) is 11.1 Å². The Balaban J connectivity index is 2.08. The highest BCUT2D eigenvalue weighted by molar-refractivity contribution is 7.92. The van der Waals surface area contributed by atoms with Gasteiger partial charge in [0.25, 0.3) is 0 Å². The van der Waals surface area contributed by atoms with Crippen LogP contribution < -0.4 is 10.5 Å². The lowest BCUT2D eigenvalue weighted by Crippen LogP contribution is -2.33. The lowest BCUT2D eigenvalue weighted by Gasteiger charge is -2.17. The fourth-order valence-electron chi connectivity index (χ4n) is 3.83. The van der Waals surface area contributed by atoms with Crippen molar-refractivity contribution in [2.24, 2.45) is 11.1 Å². The van der Waals surface area contributed by atoms with Crippen molar-refractivity contribution >= 4 is 27.0 Å². The maximum absolute atomic E-state index is 13.5. The van der Waals surface area contributed by atoms with Gasteiger partial charge in [0.1, 0.15) is 5.75 Å². The Morgan fingerprint density at radius 3 is 2.25 bits per heavy atom. The van der Waals surface area contributed by atoms with E-state index in [2.05, 4.69) is 0 Å². The van der Waals surface area contributed by atoms with E-state index in [-0.39, 0.29) is 22.4 Å². The Morgan fingerprint density at radius 1 is 1.14 bits per heavy atom. The van der Waals surface area contributed by atoms with Gasteiger partial charge in [0, 0.05) is 12.5 Å². The molecule has 0 bridgehead atoms. The molecule has 1 aliphatic carbocycles. The molecule has 0 saturated heterocycles. The summed E-state index contributed by atoms with van der Waals surface area (Å²) in [6.07, 6.45) is 0. The number of methoxy groups -OCH3 is 1. The normalized spacial score (nSPS) is 24.0. The highest BCUT2D eigenvalue weighted by Crippen LogP contribution is 2.64. The molecule has 1 aliphatic rings. The second-order valence-electron chi connectivity index (χ2n) is 7.07. The van der Waals surface area contributed by atoms with Crippen LogP contribution in [0.4, 0.5) is 0 Å². The zero-order valence-electron chi connectivity index (χ0n) is 16.2. The van der Waals surface area contributed by atoms with E-state index < -0.39 is 20.5 Å². The summed E-state index contributed by atoms with van der Waals surface area (Å²) < 4.78 is 37.9. The van der Waals surface area contributed by atoms with Crippen molar-refractivity contribution in [2.75, 3.05) is 20.3 Å². The molecule has 1 fully saturated rings. The van der Waals surface area contributed by atoms with Gasteiger partial charge in [-0.1, -0.05) is 42.0 Å². The van der Waals surface area contributed by atoms with Crippen LogP contribution in [0.25, 0.3) is 0 Å². The van der Waals surface area contributed by atoms with Gasteiger partial charge in [-0.25, -0.2) is 8.42 Å². The molecule has 0 amide bonds. The first kappa shape index (κ1) is 20.8. The lowest BCUT2D eigenvalue weighted by molar-refractivity contribution is 0.121. The van der Waals surface area contributed by atoms with Crippen LogP contribution in [0.1, 0.15) is 24.0 Å². The largest absolute Gasteiger partial charge is 0.497 e. The zero-order valence-corrected chi connectivity index (χ0v) is 17.8. The predicted molar refractivity (Wildman–Crippen MR) is 114 cm³/mol. The molecule has 2 aromatic carbocycles. The maximum atomic E-state index is 13.5. The van der Waals surface area contributed by atoms with Crippen LogP contribution in [0.5, 0.6) is 5.75 Å². The minimum absolute atomic E-state index is 0.169. The van der Waals surface area contributed by atoms with E-state index in [1.165, 1.54) is 0 Å². The van der Waals surface area contributed by atoms with Crippen LogP contribution in [-0.2, 0) is 14.6 Å². The van der Waals surface area contributed by atoms with Crippen molar-refractivity contribution in [3.05, 3.63) is 59.7 Å². The molecule has 0 aliphatic heterocycles. The molecule has 0 unspecified atom stereocenters. The van der Waals surface area contributed by atoms with E-state index in [4.69, 9.17) is 27.4 Å². The van der Waals surface area contributed by atoms with Gasteiger partial charge in [0.15, 0.2) is 9.84 Å². The monoisotopic (exact) mass is 419 g/mol. The van der Waals surface area contributed by atoms with Gasteiger partial charge in [0.2, 0.25) is 0 Å². The minimum atomic E-state index is -3.66. The van der Waals surface area contributed by atoms with Crippen LogP contribution in [-0.4, -0.2) is 39.0 Å². The molecule has 3 rings (SSSR count). The van der Waals surface area contributed by atoms with Crippen molar-refractivity contribution in [3.8, 4) is 5.75 Å². The molecule has 0 heterocycles. The van der Waals surface area contributed by atoms with Gasteiger partial charge >= 0.3 is 0 Å². The first-order chi connectivity index (χ1) is 13.3. The summed E-state index contributed by atoms with van der Waals surface area (Å²) in [5, 5.41) is -0.764. The molecule has 7 heteroatoms. The van der Waals surface area contributed by atoms with E-state index >= 15 is 0 Å². The number of sulfone groups is 1. The molecule has 1 saturated carbocycles. The van der Waals surface area contributed by atoms with Gasteiger partial charge in [-0.05, 0) is 43.7 Å². The third-order valence-electron chi connectivity index (χ3n) is 5.42. The second kappa shape index (κ2) is 7.81. The molecule has 28 heavy (non-hydrogen) atoms. The summed E-state index contributed by atoms with van der Waals surface area (Å²) in [4.78, 5) is 0.443. The second-order valence-corrected chi connectivity index (χ2v) is 9.58. The van der Waals surface area contributed by atoms with Crippen molar-refractivity contribution in [1.29, 1.82) is 0 Å². The number of aryl methyl sites for hydroxylation is 1. The molecule has 0 aromatic heterocycles. The number of hydrogen-bond acceptors (Lipinski definition) is 5. The summed E-state index contributed by atoms with van der Waals surface area (Å²) in [6, 6.07) is 14.2. The number of rotatable bonds is 8. The molecule has 2 aromatic rings. The summed E-state index contributed by atoms with van der Waals surface area (Å²) in [6.45, 7) is 4.41. The van der Waals surface area contributed by atoms with Crippen LogP contribution in [0, 0.1) is 12.3 Å². The first-order valence-electron chi connectivity index (χ1n) is 9.11. The third-order valence-corrected chi connectivity index (χ3v) is 8.09. The fourth-order valence-corrected chi connectivity index (χ4v) is 6.60. The molecule has 5 nitrogen and oxygen atoms in total. The Labute approximate surface area is 171 Å². The summed E-state index contributed by atoms with van der Waals surface area (Å²) in [7, 11) is -2.07. The lowest BCUT2D eigenvalue weighted by atomic mass is 10.00. The number of ether oxygens (including phenoxy) is 2. The van der Waals surface area contributed by atoms with E-state index in [9.17, 15) is 8.42 Å². The summed E-state index contributed by atoms with van der Waals surface area (Å²) in [5.74, 6) is 0.335. The Bertz CT molecular complexity index is 955. The van der Waals surface area contributed by atoms with E-state index in [0.29, 0.717) is 12.4 Å². The van der Waals surface area contributed by atoms with Gasteiger partial charge < -0.3 is 15.2 Å².